The van der Waals surface area contributed by atoms with Crippen LogP contribution in [0.1, 0.15) is 40.3 Å². The van der Waals surface area contributed by atoms with Crippen molar-refractivity contribution in [3.8, 4) is 28.1 Å². The highest BCUT2D eigenvalue weighted by molar-refractivity contribution is 5.94. The number of alkyl carbamates (subject to hydrolysis) is 1. The van der Waals surface area contributed by atoms with Crippen molar-refractivity contribution in [1.29, 1.82) is 0 Å². The predicted octanol–water partition coefficient (Wildman–Crippen LogP) is 5.98. The number of ether oxygens (including phenoxy) is 3. The van der Waals surface area contributed by atoms with E-state index in [1.807, 2.05) is 75.4 Å². The molecule has 1 amide bonds. The Bertz CT molecular complexity index is 1540. The molecule has 0 saturated carbocycles. The quantitative estimate of drug-likeness (QED) is 0.250. The number of nitrogens with one attached hydrogen (secondary N) is 1. The maximum absolute atomic E-state index is 12.7. The molecule has 0 fully saturated rings. The maximum Gasteiger partial charge on any atom is 0.435 e. The van der Waals surface area contributed by atoms with E-state index in [0.717, 1.165) is 27.8 Å². The molecule has 2 heterocycles. The van der Waals surface area contributed by atoms with Crippen LogP contribution in [0.25, 0.3) is 33.3 Å². The minimum Gasteiger partial charge on any atom is -0.490 e. The lowest BCUT2D eigenvalue weighted by Gasteiger charge is -2.23. The van der Waals surface area contributed by atoms with Crippen molar-refractivity contribution in [1.82, 2.24) is 20.1 Å². The van der Waals surface area contributed by atoms with Gasteiger partial charge in [-0.3, -0.25) is 4.98 Å². The molecule has 0 saturated heterocycles. The molecule has 0 spiro atoms. The molecular weight excluding hydrogens is 536 g/mol. The SMILES string of the molecule is Cc1nn(C(=O)OCC(C)C)c2ccc(-c3cc(OC[C@@H](CO)NC(=O)OC(C)(C)C)cnc3-c3ccccc3)cc12. The minimum atomic E-state index is -0.683. The molecule has 10 heteroatoms. The minimum absolute atomic E-state index is 0.00491. The van der Waals surface area contributed by atoms with E-state index < -0.39 is 23.8 Å². The Morgan fingerprint density at radius 2 is 1.76 bits per heavy atom. The van der Waals surface area contributed by atoms with Gasteiger partial charge in [-0.05, 0) is 57.4 Å². The number of amides is 1. The van der Waals surface area contributed by atoms with Gasteiger partial charge in [0.25, 0.3) is 0 Å². The summed E-state index contributed by atoms with van der Waals surface area (Å²) in [5.74, 6) is 0.668. The molecule has 0 aliphatic rings. The second kappa shape index (κ2) is 13.0. The van der Waals surface area contributed by atoms with Gasteiger partial charge in [0.2, 0.25) is 0 Å². The summed E-state index contributed by atoms with van der Waals surface area (Å²) >= 11 is 0. The van der Waals surface area contributed by atoms with E-state index in [-0.39, 0.29) is 19.1 Å². The van der Waals surface area contributed by atoms with E-state index in [0.29, 0.717) is 23.6 Å². The topological polar surface area (TPSA) is 125 Å². The molecule has 2 aromatic carbocycles. The number of carbonyl (C=O) groups is 2. The van der Waals surface area contributed by atoms with Crippen molar-refractivity contribution >= 4 is 23.1 Å². The van der Waals surface area contributed by atoms with Crippen molar-refractivity contribution in [3.63, 3.8) is 0 Å². The third-order valence-corrected chi connectivity index (χ3v) is 6.19. The van der Waals surface area contributed by atoms with E-state index in [9.17, 15) is 14.7 Å². The molecule has 0 bridgehead atoms. The zero-order valence-corrected chi connectivity index (χ0v) is 24.9. The first-order chi connectivity index (χ1) is 19.9. The maximum atomic E-state index is 12.7. The van der Waals surface area contributed by atoms with Crippen molar-refractivity contribution in [2.45, 2.75) is 53.2 Å². The summed E-state index contributed by atoms with van der Waals surface area (Å²) in [5.41, 5.74) is 3.98. The third kappa shape index (κ3) is 7.64. The normalized spacial score (nSPS) is 12.3. The number of fused-ring (bicyclic) bond motifs is 1. The average Bonchev–Trinajstić information content (AvgIpc) is 3.29. The Balaban J connectivity index is 1.65. The number of rotatable bonds is 9. The summed E-state index contributed by atoms with van der Waals surface area (Å²) in [6, 6.07) is 16.7. The fourth-order valence-corrected chi connectivity index (χ4v) is 4.26. The van der Waals surface area contributed by atoms with Gasteiger partial charge in [-0.15, -0.1) is 0 Å². The highest BCUT2D eigenvalue weighted by Gasteiger charge is 2.21. The van der Waals surface area contributed by atoms with E-state index in [4.69, 9.17) is 19.2 Å². The number of aliphatic hydroxyl groups excluding tert-OH is 1. The number of aliphatic hydroxyl groups is 1. The summed E-state index contributed by atoms with van der Waals surface area (Å²) in [5, 5.41) is 17.7. The summed E-state index contributed by atoms with van der Waals surface area (Å²) in [4.78, 5) is 29.6. The number of pyridine rings is 1. The highest BCUT2D eigenvalue weighted by Crippen LogP contribution is 2.35. The van der Waals surface area contributed by atoms with Crippen molar-refractivity contribution in [2.75, 3.05) is 19.8 Å². The van der Waals surface area contributed by atoms with Crippen LogP contribution in [0.2, 0.25) is 0 Å². The molecule has 2 N–H and O–H groups in total. The second-order valence-electron chi connectivity index (χ2n) is 11.5. The molecule has 10 nitrogen and oxygen atoms in total. The molecule has 0 aliphatic heterocycles. The van der Waals surface area contributed by atoms with Crippen LogP contribution < -0.4 is 10.1 Å². The lowest BCUT2D eigenvalue weighted by molar-refractivity contribution is 0.0458. The van der Waals surface area contributed by atoms with Gasteiger partial charge in [-0.25, -0.2) is 9.59 Å². The molecular formula is C32H38N4O6. The largest absolute Gasteiger partial charge is 0.490 e. The monoisotopic (exact) mass is 574 g/mol. The van der Waals surface area contributed by atoms with Gasteiger partial charge in [0.1, 0.15) is 18.0 Å². The van der Waals surface area contributed by atoms with Crippen LogP contribution in [-0.4, -0.2) is 63.5 Å². The van der Waals surface area contributed by atoms with Crippen molar-refractivity contribution in [3.05, 3.63) is 66.5 Å². The van der Waals surface area contributed by atoms with Gasteiger partial charge in [0.05, 0.1) is 42.4 Å². The van der Waals surface area contributed by atoms with Crippen LogP contribution in [0.4, 0.5) is 9.59 Å². The number of hydrogen-bond acceptors (Lipinski definition) is 8. The first-order valence-corrected chi connectivity index (χ1v) is 13.9. The number of nitrogens with zero attached hydrogens (tertiary/aromatic N) is 3. The Morgan fingerprint density at radius 1 is 1.02 bits per heavy atom. The van der Waals surface area contributed by atoms with Gasteiger partial charge in [-0.1, -0.05) is 50.2 Å². The summed E-state index contributed by atoms with van der Waals surface area (Å²) in [6.07, 6.45) is 0.455. The van der Waals surface area contributed by atoms with Gasteiger partial charge >= 0.3 is 12.2 Å². The van der Waals surface area contributed by atoms with Gasteiger partial charge < -0.3 is 24.6 Å². The summed E-state index contributed by atoms with van der Waals surface area (Å²) in [7, 11) is 0. The van der Waals surface area contributed by atoms with E-state index in [1.54, 1.807) is 27.0 Å². The van der Waals surface area contributed by atoms with Crippen LogP contribution in [0, 0.1) is 12.8 Å². The van der Waals surface area contributed by atoms with Gasteiger partial charge in [0, 0.05) is 16.5 Å². The Morgan fingerprint density at radius 3 is 2.43 bits per heavy atom. The molecule has 0 aliphatic carbocycles. The van der Waals surface area contributed by atoms with E-state index in [1.165, 1.54) is 4.68 Å². The van der Waals surface area contributed by atoms with Crippen molar-refractivity contribution in [2.24, 2.45) is 5.92 Å². The number of benzene rings is 2. The number of hydrogen-bond donors (Lipinski definition) is 2. The Hall–Kier alpha value is -4.44. The smallest absolute Gasteiger partial charge is 0.435 e. The Labute approximate surface area is 245 Å². The van der Waals surface area contributed by atoms with Gasteiger partial charge in [0.15, 0.2) is 0 Å². The predicted molar refractivity (Wildman–Crippen MR) is 160 cm³/mol. The lowest BCUT2D eigenvalue weighted by Crippen LogP contribution is -2.44. The van der Waals surface area contributed by atoms with Crippen LogP contribution in [0.5, 0.6) is 5.75 Å². The molecule has 4 rings (SSSR count). The zero-order chi connectivity index (χ0) is 30.4. The molecule has 1 atom stereocenters. The molecule has 4 aromatic rings. The first kappa shape index (κ1) is 30.5. The zero-order valence-electron chi connectivity index (χ0n) is 24.9. The average molecular weight is 575 g/mol. The Kier molecular flexibility index (Phi) is 9.47. The molecule has 0 radical (unpaired) electrons. The van der Waals surface area contributed by atoms with Crippen LogP contribution in [0.3, 0.4) is 0 Å². The molecule has 42 heavy (non-hydrogen) atoms. The summed E-state index contributed by atoms with van der Waals surface area (Å²) in [6.45, 7) is 11.1. The van der Waals surface area contributed by atoms with Crippen LogP contribution >= 0.6 is 0 Å². The fourth-order valence-electron chi connectivity index (χ4n) is 4.26. The molecule has 222 valence electrons. The molecule has 2 aromatic heterocycles. The summed E-state index contributed by atoms with van der Waals surface area (Å²) < 4.78 is 17.9. The highest BCUT2D eigenvalue weighted by atomic mass is 16.6. The standard InChI is InChI=1S/C32H38N4O6/c1-20(2)18-41-31(39)36-28-13-12-23(14-26(28)21(3)35-36)27-15-25(16-33-29(27)22-10-8-7-9-11-22)40-19-24(17-37)34-30(38)42-32(4,5)6/h7-16,20,24,37H,17-19H2,1-6H3,(H,34,38)/t24-/m1/s1. The van der Waals surface area contributed by atoms with Gasteiger partial charge in [-0.2, -0.15) is 9.78 Å². The second-order valence-corrected chi connectivity index (χ2v) is 11.5. The number of carbonyl (C=O) groups excluding carboxylic acids is 2. The van der Waals surface area contributed by atoms with Crippen molar-refractivity contribution < 1.29 is 28.9 Å². The van der Waals surface area contributed by atoms with Crippen LogP contribution in [0.15, 0.2) is 60.8 Å². The first-order valence-electron chi connectivity index (χ1n) is 13.9. The number of aromatic nitrogens is 3. The van der Waals surface area contributed by atoms with Crippen LogP contribution in [-0.2, 0) is 9.47 Å². The van der Waals surface area contributed by atoms with E-state index in [2.05, 4.69) is 10.4 Å². The fraction of sp³-hybridized carbons (Fsp3) is 0.375. The third-order valence-electron chi connectivity index (χ3n) is 6.19. The number of aryl methyl sites for hydroxylation is 1. The lowest BCUT2D eigenvalue weighted by atomic mass is 9.98. The molecule has 0 unspecified atom stereocenters. The van der Waals surface area contributed by atoms with E-state index >= 15 is 0 Å².